The first-order chi connectivity index (χ1) is 22.9. The molecule has 3 rings (SSSR count). The number of aliphatic hydroxyl groups excluding tert-OH is 2. The SMILES string of the molecule is CCCC(NC(=O)[C@@H]1[C@H]2CCC(O)[C@H]2CN1C(=O)[C@@H](CC(=O)OC(C)C)C(C)C)C(O)C(=O)C[C@@H](Cc1ccccc1)C(=O)OC(C)(C)C. The summed E-state index contributed by atoms with van der Waals surface area (Å²) in [7, 11) is 0. The molecule has 49 heavy (non-hydrogen) atoms. The summed E-state index contributed by atoms with van der Waals surface area (Å²) in [6.45, 7) is 14.4. The van der Waals surface area contributed by atoms with Crippen molar-refractivity contribution in [2.75, 3.05) is 6.54 Å². The Morgan fingerprint density at radius 2 is 1.63 bits per heavy atom. The van der Waals surface area contributed by atoms with Crippen molar-refractivity contribution in [1.82, 2.24) is 10.2 Å². The Kier molecular flexibility index (Phi) is 14.4. The first-order valence-corrected chi connectivity index (χ1v) is 17.9. The zero-order chi connectivity index (χ0) is 36.6. The van der Waals surface area contributed by atoms with E-state index in [9.17, 15) is 34.2 Å². The summed E-state index contributed by atoms with van der Waals surface area (Å²) in [5.74, 6) is -4.93. The summed E-state index contributed by atoms with van der Waals surface area (Å²) in [6, 6.07) is 7.36. The van der Waals surface area contributed by atoms with Crippen LogP contribution in [0.25, 0.3) is 0 Å². The number of fused-ring (bicyclic) bond motifs is 1. The molecule has 1 saturated heterocycles. The molecule has 0 aromatic heterocycles. The molecule has 2 aliphatic rings. The van der Waals surface area contributed by atoms with Gasteiger partial charge in [0.05, 0.1) is 36.5 Å². The van der Waals surface area contributed by atoms with E-state index in [0.29, 0.717) is 19.3 Å². The van der Waals surface area contributed by atoms with Crippen molar-refractivity contribution in [3.8, 4) is 0 Å². The van der Waals surface area contributed by atoms with Crippen LogP contribution in [-0.2, 0) is 39.9 Å². The number of nitrogens with zero attached hydrogens (tertiary/aromatic N) is 1. The minimum absolute atomic E-state index is 0.134. The molecule has 1 saturated carbocycles. The van der Waals surface area contributed by atoms with Crippen LogP contribution in [0.5, 0.6) is 0 Å². The molecule has 2 amide bonds. The lowest BCUT2D eigenvalue weighted by atomic mass is 9.89. The molecule has 0 spiro atoms. The molecule has 1 aliphatic heterocycles. The number of hydrogen-bond acceptors (Lipinski definition) is 9. The number of likely N-dealkylation sites (tertiary alicyclic amines) is 1. The van der Waals surface area contributed by atoms with Crippen molar-refractivity contribution >= 4 is 29.5 Å². The Morgan fingerprint density at radius 3 is 2.20 bits per heavy atom. The molecule has 0 bridgehead atoms. The number of amides is 2. The maximum absolute atomic E-state index is 14.1. The van der Waals surface area contributed by atoms with Gasteiger partial charge in [-0.25, -0.2) is 0 Å². The smallest absolute Gasteiger partial charge is 0.310 e. The van der Waals surface area contributed by atoms with Gasteiger partial charge in [0.15, 0.2) is 5.78 Å². The van der Waals surface area contributed by atoms with Crippen LogP contribution in [0.1, 0.15) is 99.5 Å². The molecule has 3 N–H and O–H groups in total. The van der Waals surface area contributed by atoms with Crippen LogP contribution in [0.3, 0.4) is 0 Å². The number of rotatable bonds is 16. The zero-order valence-corrected chi connectivity index (χ0v) is 30.5. The number of nitrogens with one attached hydrogen (secondary N) is 1. The summed E-state index contributed by atoms with van der Waals surface area (Å²) >= 11 is 0. The van der Waals surface area contributed by atoms with Crippen molar-refractivity contribution in [2.45, 2.75) is 136 Å². The number of ketones is 1. The average molecular weight is 687 g/mol. The zero-order valence-electron chi connectivity index (χ0n) is 30.5. The summed E-state index contributed by atoms with van der Waals surface area (Å²) in [6.07, 6.45) is -0.928. The van der Waals surface area contributed by atoms with Crippen molar-refractivity contribution < 1.29 is 43.7 Å². The summed E-state index contributed by atoms with van der Waals surface area (Å²) in [4.78, 5) is 69.1. The lowest BCUT2D eigenvalue weighted by Crippen LogP contribution is -2.56. The molecule has 274 valence electrons. The van der Waals surface area contributed by atoms with Crippen molar-refractivity contribution in [2.24, 2.45) is 29.6 Å². The van der Waals surface area contributed by atoms with E-state index in [1.165, 1.54) is 4.90 Å². The molecule has 1 aromatic rings. The summed E-state index contributed by atoms with van der Waals surface area (Å²) < 4.78 is 10.9. The Bertz CT molecular complexity index is 1290. The summed E-state index contributed by atoms with van der Waals surface area (Å²) in [5.41, 5.74) is 0.0712. The molecular formula is C38H58N2O9. The van der Waals surface area contributed by atoms with Gasteiger partial charge in [0, 0.05) is 18.9 Å². The lowest BCUT2D eigenvalue weighted by Gasteiger charge is -2.33. The molecule has 1 aromatic carbocycles. The molecule has 1 heterocycles. The maximum Gasteiger partial charge on any atom is 0.310 e. The second kappa shape index (κ2) is 17.6. The highest BCUT2D eigenvalue weighted by molar-refractivity contribution is 5.92. The van der Waals surface area contributed by atoms with E-state index in [4.69, 9.17) is 9.47 Å². The van der Waals surface area contributed by atoms with Crippen molar-refractivity contribution in [3.63, 3.8) is 0 Å². The van der Waals surface area contributed by atoms with E-state index in [0.717, 1.165) is 5.56 Å². The van der Waals surface area contributed by atoms with Gasteiger partial charge in [-0.2, -0.15) is 0 Å². The molecule has 1 aliphatic carbocycles. The molecule has 11 heteroatoms. The van der Waals surface area contributed by atoms with Crippen LogP contribution in [-0.4, -0.2) is 87.2 Å². The lowest BCUT2D eigenvalue weighted by molar-refractivity contribution is -0.161. The van der Waals surface area contributed by atoms with Gasteiger partial charge in [0.2, 0.25) is 11.8 Å². The molecule has 2 fully saturated rings. The number of aliphatic hydroxyl groups is 2. The minimum atomic E-state index is -1.60. The fraction of sp³-hybridized carbons (Fsp3) is 0.711. The second-order valence-electron chi connectivity index (χ2n) is 15.4. The van der Waals surface area contributed by atoms with Gasteiger partial charge < -0.3 is 29.9 Å². The monoisotopic (exact) mass is 686 g/mol. The third-order valence-electron chi connectivity index (χ3n) is 9.57. The van der Waals surface area contributed by atoms with Crippen molar-refractivity contribution in [1.29, 1.82) is 0 Å². The van der Waals surface area contributed by atoms with Crippen LogP contribution in [0.4, 0.5) is 0 Å². The van der Waals surface area contributed by atoms with Gasteiger partial charge in [-0.05, 0) is 77.7 Å². The van der Waals surface area contributed by atoms with E-state index >= 15 is 0 Å². The standard InChI is InChI=1S/C38H58N2O9/c1-9-13-29(34(44)31(42)19-25(37(47)49-38(6,7)8)18-24-14-11-10-12-15-24)39-35(45)33-26-16-17-30(41)28(26)21-40(33)36(46)27(22(2)3)20-32(43)48-23(4)5/h10-12,14-15,22-23,25-30,33-34,41,44H,9,13,16-21H2,1-8H3,(H,39,45)/t25-,26+,27+,28+,29?,30?,33+,34?/m1/s1. The van der Waals surface area contributed by atoms with Gasteiger partial charge in [0.25, 0.3) is 0 Å². The van der Waals surface area contributed by atoms with Crippen LogP contribution in [0.15, 0.2) is 30.3 Å². The van der Waals surface area contributed by atoms with Gasteiger partial charge in [-0.15, -0.1) is 0 Å². The van der Waals surface area contributed by atoms with Gasteiger partial charge in [-0.1, -0.05) is 57.5 Å². The van der Waals surface area contributed by atoms with Gasteiger partial charge in [0.1, 0.15) is 17.7 Å². The van der Waals surface area contributed by atoms with E-state index in [2.05, 4.69) is 5.32 Å². The number of carbonyl (C=O) groups is 5. The predicted molar refractivity (Wildman–Crippen MR) is 184 cm³/mol. The quantitative estimate of drug-likeness (QED) is 0.219. The Balaban J connectivity index is 1.83. The van der Waals surface area contributed by atoms with E-state index in [-0.39, 0.29) is 62.0 Å². The number of hydrogen-bond donors (Lipinski definition) is 3. The summed E-state index contributed by atoms with van der Waals surface area (Å²) in [5, 5.41) is 25.0. The van der Waals surface area contributed by atoms with Crippen LogP contribution < -0.4 is 5.32 Å². The fourth-order valence-electron chi connectivity index (χ4n) is 7.17. The second-order valence-corrected chi connectivity index (χ2v) is 15.4. The Hall–Kier alpha value is -3.31. The number of esters is 2. The van der Waals surface area contributed by atoms with E-state index in [1.54, 1.807) is 34.6 Å². The highest BCUT2D eigenvalue weighted by atomic mass is 16.6. The molecular weight excluding hydrogens is 628 g/mol. The first-order valence-electron chi connectivity index (χ1n) is 17.9. The van der Waals surface area contributed by atoms with E-state index < -0.39 is 65.4 Å². The normalized spacial score (nSPS) is 23.1. The molecule has 8 atom stereocenters. The predicted octanol–water partition coefficient (Wildman–Crippen LogP) is 4.00. The molecule has 0 radical (unpaired) electrons. The Morgan fingerprint density at radius 1 is 0.980 bits per heavy atom. The highest BCUT2D eigenvalue weighted by Gasteiger charge is 2.54. The molecule has 11 nitrogen and oxygen atoms in total. The largest absolute Gasteiger partial charge is 0.463 e. The number of carbonyl (C=O) groups excluding carboxylic acids is 5. The Labute approximate surface area is 291 Å². The average Bonchev–Trinajstić information content (AvgIpc) is 3.57. The van der Waals surface area contributed by atoms with Crippen LogP contribution >= 0.6 is 0 Å². The van der Waals surface area contributed by atoms with Gasteiger partial charge in [-0.3, -0.25) is 24.0 Å². The molecule has 3 unspecified atom stereocenters. The highest BCUT2D eigenvalue weighted by Crippen LogP contribution is 2.43. The maximum atomic E-state index is 14.1. The third-order valence-corrected chi connectivity index (χ3v) is 9.57. The number of ether oxygens (including phenoxy) is 2. The minimum Gasteiger partial charge on any atom is -0.463 e. The topological polar surface area (TPSA) is 160 Å². The first kappa shape index (κ1) is 40.1. The number of Topliss-reactive ketones (excluding diaryl/α,β-unsaturated/α-hetero) is 1. The third kappa shape index (κ3) is 11.1. The fourth-order valence-corrected chi connectivity index (χ4v) is 7.17. The van der Waals surface area contributed by atoms with Crippen LogP contribution in [0.2, 0.25) is 0 Å². The number of benzene rings is 1. The van der Waals surface area contributed by atoms with Gasteiger partial charge >= 0.3 is 11.9 Å². The van der Waals surface area contributed by atoms with Crippen molar-refractivity contribution in [3.05, 3.63) is 35.9 Å². The van der Waals surface area contributed by atoms with Crippen LogP contribution in [0, 0.1) is 29.6 Å². The van der Waals surface area contributed by atoms with E-state index in [1.807, 2.05) is 51.1 Å².